The second-order valence-electron chi connectivity index (χ2n) is 15.0. The zero-order valence-electron chi connectivity index (χ0n) is 33.5. The number of ether oxygens (including phenoxy) is 1. The number of hydrogen-bond acceptors (Lipinski definition) is 8. The monoisotopic (exact) mass is 890 g/mol. The summed E-state index contributed by atoms with van der Waals surface area (Å²) in [4.78, 5) is 94.6. The molecule has 0 unspecified atom stereocenters. The van der Waals surface area contributed by atoms with Crippen LogP contribution in [0.3, 0.4) is 0 Å². The van der Waals surface area contributed by atoms with Gasteiger partial charge in [0, 0.05) is 41.0 Å². The van der Waals surface area contributed by atoms with E-state index in [0.717, 1.165) is 10.9 Å². The summed E-state index contributed by atoms with van der Waals surface area (Å²) in [5.41, 5.74) is 7.39. The lowest BCUT2D eigenvalue weighted by Gasteiger charge is -2.27. The predicted octanol–water partition coefficient (Wildman–Crippen LogP) is 4.02. The number of amides is 7. The molecular formula is C42H51BrN8O9. The fourth-order valence-corrected chi connectivity index (χ4v) is 6.51. The van der Waals surface area contributed by atoms with Gasteiger partial charge in [-0.2, -0.15) is 0 Å². The Morgan fingerprint density at radius 2 is 1.37 bits per heavy atom. The Morgan fingerprint density at radius 1 is 0.750 bits per heavy atom. The molecule has 18 heteroatoms. The number of halogens is 1. The van der Waals surface area contributed by atoms with Crippen LogP contribution < -0.4 is 37.6 Å². The molecule has 1 heterocycles. The molecular weight excluding hydrogens is 840 g/mol. The molecule has 4 atom stereocenters. The lowest BCUT2D eigenvalue weighted by atomic mass is 10.0. The van der Waals surface area contributed by atoms with Gasteiger partial charge in [-0.25, -0.2) is 9.59 Å². The van der Waals surface area contributed by atoms with E-state index in [1.165, 1.54) is 0 Å². The van der Waals surface area contributed by atoms with Crippen LogP contribution in [0.1, 0.15) is 57.6 Å². The Kier molecular flexibility index (Phi) is 17.0. The van der Waals surface area contributed by atoms with Gasteiger partial charge in [-0.05, 0) is 85.3 Å². The molecule has 10 N–H and O–H groups in total. The summed E-state index contributed by atoms with van der Waals surface area (Å²) < 4.78 is 6.13. The zero-order valence-corrected chi connectivity index (χ0v) is 35.1. The number of carbonyl (C=O) groups excluding carboxylic acids is 6. The minimum Gasteiger partial charge on any atom is -0.481 e. The third-order valence-corrected chi connectivity index (χ3v) is 9.71. The van der Waals surface area contributed by atoms with Crippen LogP contribution in [0, 0.1) is 0 Å². The van der Waals surface area contributed by atoms with Crippen LogP contribution in [0.5, 0.6) is 0 Å². The zero-order chi connectivity index (χ0) is 43.8. The number of H-pyrrole nitrogens is 1. The summed E-state index contributed by atoms with van der Waals surface area (Å²) in [5.74, 6) is -4.98. The third kappa shape index (κ3) is 15.1. The first kappa shape index (κ1) is 46.3. The van der Waals surface area contributed by atoms with E-state index in [2.05, 4.69) is 52.8 Å². The van der Waals surface area contributed by atoms with E-state index in [1.807, 2.05) is 24.3 Å². The van der Waals surface area contributed by atoms with E-state index in [1.54, 1.807) is 81.6 Å². The first-order valence-corrected chi connectivity index (χ1v) is 20.1. The van der Waals surface area contributed by atoms with Gasteiger partial charge in [-0.3, -0.25) is 24.0 Å². The highest BCUT2D eigenvalue weighted by Crippen LogP contribution is 2.22. The molecule has 0 aliphatic heterocycles. The van der Waals surface area contributed by atoms with E-state index in [4.69, 9.17) is 10.5 Å². The minimum absolute atomic E-state index is 0.00544. The number of fused-ring (bicyclic) bond motifs is 1. The molecule has 4 rings (SSSR count). The third-order valence-electron chi connectivity index (χ3n) is 9.02. The van der Waals surface area contributed by atoms with Crippen molar-refractivity contribution in [1.29, 1.82) is 0 Å². The van der Waals surface area contributed by atoms with Crippen molar-refractivity contribution in [3.8, 4) is 0 Å². The highest BCUT2D eigenvalue weighted by atomic mass is 79.9. The second kappa shape index (κ2) is 22.1. The summed E-state index contributed by atoms with van der Waals surface area (Å²) in [5, 5.41) is 26.1. The largest absolute Gasteiger partial charge is 0.481 e. The van der Waals surface area contributed by atoms with Gasteiger partial charge < -0.3 is 52.5 Å². The van der Waals surface area contributed by atoms with Crippen molar-refractivity contribution in [2.45, 2.75) is 89.1 Å². The summed E-state index contributed by atoms with van der Waals surface area (Å²) in [6.07, 6.45) is 0.524. The van der Waals surface area contributed by atoms with Gasteiger partial charge in [-0.1, -0.05) is 60.7 Å². The summed E-state index contributed by atoms with van der Waals surface area (Å²) in [6, 6.07) is 17.1. The van der Waals surface area contributed by atoms with Crippen molar-refractivity contribution < 1.29 is 43.4 Å². The number of primary amides is 1. The Balaban J connectivity index is 1.54. The number of nitrogens with one attached hydrogen (secondary N) is 7. The van der Waals surface area contributed by atoms with E-state index < -0.39 is 77.9 Å². The molecule has 1 aromatic heterocycles. The van der Waals surface area contributed by atoms with Crippen molar-refractivity contribution >= 4 is 74.2 Å². The Morgan fingerprint density at radius 3 is 2.05 bits per heavy atom. The van der Waals surface area contributed by atoms with Crippen molar-refractivity contribution in [3.05, 3.63) is 101 Å². The van der Waals surface area contributed by atoms with Gasteiger partial charge in [0.05, 0.1) is 12.1 Å². The smallest absolute Gasteiger partial charge is 0.408 e. The van der Waals surface area contributed by atoms with Crippen LogP contribution in [0.4, 0.5) is 15.3 Å². The van der Waals surface area contributed by atoms with Crippen LogP contribution in [0.15, 0.2) is 89.5 Å². The van der Waals surface area contributed by atoms with E-state index >= 15 is 0 Å². The fourth-order valence-electron chi connectivity index (χ4n) is 6.13. The number of unbranched alkanes of at least 4 members (excludes halogenated alkanes) is 1. The first-order valence-electron chi connectivity index (χ1n) is 19.3. The molecule has 4 aromatic rings. The van der Waals surface area contributed by atoms with Gasteiger partial charge >= 0.3 is 18.1 Å². The molecule has 0 aliphatic carbocycles. The number of carbonyl (C=O) groups is 7. The molecule has 60 heavy (non-hydrogen) atoms. The molecule has 0 saturated heterocycles. The van der Waals surface area contributed by atoms with E-state index in [-0.39, 0.29) is 32.2 Å². The number of hydrogen-bond donors (Lipinski definition) is 9. The Bertz CT molecular complexity index is 2140. The molecule has 3 aromatic carbocycles. The quantitative estimate of drug-likeness (QED) is 0.0580. The highest BCUT2D eigenvalue weighted by molar-refractivity contribution is 9.10. The summed E-state index contributed by atoms with van der Waals surface area (Å²) in [6.45, 7) is 5.18. The average Bonchev–Trinajstić information content (AvgIpc) is 3.59. The topological polar surface area (TPSA) is 263 Å². The number of aromatic amines is 1. The predicted molar refractivity (Wildman–Crippen MR) is 228 cm³/mol. The number of aromatic nitrogens is 1. The lowest BCUT2D eigenvalue weighted by Crippen LogP contribution is -2.59. The van der Waals surface area contributed by atoms with E-state index in [0.29, 0.717) is 27.7 Å². The Hall–Kier alpha value is -6.43. The summed E-state index contributed by atoms with van der Waals surface area (Å²) in [7, 11) is 0. The van der Waals surface area contributed by atoms with Gasteiger partial charge in [0.15, 0.2) is 0 Å². The van der Waals surface area contributed by atoms with Gasteiger partial charge in [-0.15, -0.1) is 0 Å². The molecule has 0 saturated carbocycles. The van der Waals surface area contributed by atoms with Crippen LogP contribution >= 0.6 is 15.9 Å². The Labute approximate surface area is 355 Å². The SMILES string of the molecule is CC(C)(C)OC(=O)N[C@@H](Cc1c[nH]c2ccccc12)C(=O)N[C@@H](CCCCNC(=O)Nc1ccccc1Br)C(=O)N[C@@H](CC(=O)O)C(=O)N[C@@H](Cc1ccccc1)C(N)=O. The second-order valence-corrected chi connectivity index (χ2v) is 15.8. The van der Waals surface area contributed by atoms with Crippen molar-refractivity contribution in [1.82, 2.24) is 31.6 Å². The van der Waals surface area contributed by atoms with E-state index in [9.17, 15) is 38.7 Å². The van der Waals surface area contributed by atoms with Crippen LogP contribution in [-0.2, 0) is 41.6 Å². The van der Waals surface area contributed by atoms with Gasteiger partial charge in [0.25, 0.3) is 0 Å². The number of benzene rings is 3. The number of aliphatic carboxylic acids is 1. The average molecular weight is 892 g/mol. The standard InChI is InChI=1S/C42H51BrN8O9/c1-42(2,3)60-41(59)51-33(22-26-24-46-29-17-9-7-15-27(26)29)38(56)47-31(19-11-12-20-45-40(58)50-30-18-10-8-16-28(30)43)37(55)49-34(23-35(52)53)39(57)48-32(36(44)54)21-25-13-5-4-6-14-25/h4-10,13-18,24,31-34,46H,11-12,19-23H2,1-3H3,(H2,44,54)(H,47,56)(H,48,57)(H,49,55)(H,51,59)(H,52,53)(H2,45,50,58)/t31-,32-,33-,34-/m0/s1. The number of para-hydroxylation sites is 2. The molecule has 0 fully saturated rings. The molecule has 17 nitrogen and oxygen atoms in total. The minimum atomic E-state index is -1.68. The number of rotatable bonds is 20. The normalized spacial score (nSPS) is 13.1. The number of nitrogens with two attached hydrogens (primary N) is 1. The molecule has 0 radical (unpaired) electrons. The summed E-state index contributed by atoms with van der Waals surface area (Å²) >= 11 is 3.37. The van der Waals surface area contributed by atoms with Gasteiger partial charge in [0.2, 0.25) is 23.6 Å². The van der Waals surface area contributed by atoms with Crippen LogP contribution in [0.2, 0.25) is 0 Å². The lowest BCUT2D eigenvalue weighted by molar-refractivity contribution is -0.141. The fraction of sp³-hybridized carbons (Fsp3) is 0.357. The number of carboxylic acid groups (broad SMARTS) is 1. The van der Waals surface area contributed by atoms with Crippen molar-refractivity contribution in [2.75, 3.05) is 11.9 Å². The van der Waals surface area contributed by atoms with Crippen LogP contribution in [-0.4, -0.2) is 88.1 Å². The van der Waals surface area contributed by atoms with Gasteiger partial charge in [0.1, 0.15) is 29.8 Å². The number of alkyl carbamates (subject to hydrolysis) is 1. The number of carboxylic acids is 1. The number of urea groups is 1. The first-order chi connectivity index (χ1) is 28.5. The maximum atomic E-state index is 14.1. The highest BCUT2D eigenvalue weighted by Gasteiger charge is 2.33. The van der Waals surface area contributed by atoms with Crippen molar-refractivity contribution in [2.24, 2.45) is 5.73 Å². The van der Waals surface area contributed by atoms with Crippen LogP contribution in [0.25, 0.3) is 10.9 Å². The molecule has 7 amide bonds. The number of anilines is 1. The maximum Gasteiger partial charge on any atom is 0.408 e. The molecule has 0 bridgehead atoms. The van der Waals surface area contributed by atoms with Crippen molar-refractivity contribution in [3.63, 3.8) is 0 Å². The maximum absolute atomic E-state index is 14.1. The molecule has 0 spiro atoms. The molecule has 0 aliphatic rings. The molecule has 320 valence electrons.